The highest BCUT2D eigenvalue weighted by molar-refractivity contribution is 14.1. The fraction of sp³-hybridized carbons (Fsp3) is 0. The molecule has 2 rings (SSSR count). The molecular formula is C8H3BrClIN2S. The van der Waals surface area contributed by atoms with Crippen molar-refractivity contribution < 1.29 is 0 Å². The van der Waals surface area contributed by atoms with E-state index in [-0.39, 0.29) is 0 Å². The van der Waals surface area contributed by atoms with Crippen LogP contribution in [-0.2, 0) is 0 Å². The van der Waals surface area contributed by atoms with E-state index in [4.69, 9.17) is 11.6 Å². The molecule has 6 heteroatoms. The Kier molecular flexibility index (Phi) is 3.41. The van der Waals surface area contributed by atoms with Gasteiger partial charge in [-0.15, -0.1) is 0 Å². The molecule has 0 spiro atoms. The third-order valence-corrected chi connectivity index (χ3v) is 3.76. The van der Waals surface area contributed by atoms with Crippen LogP contribution in [0.15, 0.2) is 22.7 Å². The normalized spacial score (nSPS) is 10.5. The van der Waals surface area contributed by atoms with E-state index >= 15 is 0 Å². The van der Waals surface area contributed by atoms with E-state index in [2.05, 4.69) is 47.9 Å². The SMILES string of the molecule is Clc1cc(Br)cc(-c2nc(I)ns2)c1. The summed E-state index contributed by atoms with van der Waals surface area (Å²) in [5, 5.41) is 1.58. The molecule has 1 heterocycles. The van der Waals surface area contributed by atoms with Gasteiger partial charge in [0.25, 0.3) is 0 Å². The monoisotopic (exact) mass is 400 g/mol. The first kappa shape index (κ1) is 10.8. The van der Waals surface area contributed by atoms with Crippen molar-refractivity contribution in [3.05, 3.63) is 31.5 Å². The molecule has 0 N–H and O–H groups in total. The van der Waals surface area contributed by atoms with Crippen LogP contribution in [0.5, 0.6) is 0 Å². The zero-order valence-electron chi connectivity index (χ0n) is 6.67. The van der Waals surface area contributed by atoms with E-state index in [0.717, 1.165) is 18.9 Å². The van der Waals surface area contributed by atoms with Gasteiger partial charge in [-0.2, -0.15) is 4.37 Å². The second-order valence-electron chi connectivity index (χ2n) is 2.53. The lowest BCUT2D eigenvalue weighted by atomic mass is 10.2. The zero-order chi connectivity index (χ0) is 10.1. The minimum Gasteiger partial charge on any atom is -0.210 e. The topological polar surface area (TPSA) is 25.8 Å². The first-order valence-electron chi connectivity index (χ1n) is 3.61. The molecule has 0 unspecified atom stereocenters. The quantitative estimate of drug-likeness (QED) is 0.669. The van der Waals surface area contributed by atoms with Crippen LogP contribution in [0, 0.1) is 3.83 Å². The average molecular weight is 401 g/mol. The van der Waals surface area contributed by atoms with Crippen molar-refractivity contribution in [3.63, 3.8) is 0 Å². The number of halogens is 3. The molecule has 2 aromatic rings. The zero-order valence-corrected chi connectivity index (χ0v) is 12.0. The Labute approximate surface area is 112 Å². The van der Waals surface area contributed by atoms with Gasteiger partial charge in [-0.3, -0.25) is 0 Å². The molecule has 1 aromatic carbocycles. The molecule has 0 saturated carbocycles. The second kappa shape index (κ2) is 4.42. The van der Waals surface area contributed by atoms with Gasteiger partial charge < -0.3 is 0 Å². The fourth-order valence-corrected chi connectivity index (χ4v) is 3.11. The van der Waals surface area contributed by atoms with E-state index in [1.54, 1.807) is 0 Å². The molecule has 1 aromatic heterocycles. The van der Waals surface area contributed by atoms with Gasteiger partial charge in [-0.25, -0.2) is 4.98 Å². The van der Waals surface area contributed by atoms with E-state index < -0.39 is 0 Å². The van der Waals surface area contributed by atoms with Crippen LogP contribution >= 0.6 is 61.7 Å². The molecule has 2 nitrogen and oxygen atoms in total. The maximum atomic E-state index is 5.93. The van der Waals surface area contributed by atoms with Gasteiger partial charge in [0, 0.05) is 37.6 Å². The van der Waals surface area contributed by atoms with Crippen molar-refractivity contribution in [1.29, 1.82) is 0 Å². The van der Waals surface area contributed by atoms with Gasteiger partial charge in [0.2, 0.25) is 3.83 Å². The maximum absolute atomic E-state index is 5.93. The molecule has 0 aliphatic rings. The highest BCUT2D eigenvalue weighted by atomic mass is 127. The Morgan fingerprint density at radius 2 is 2.14 bits per heavy atom. The highest BCUT2D eigenvalue weighted by Gasteiger charge is 2.06. The molecule has 0 bridgehead atoms. The smallest absolute Gasteiger partial charge is 0.203 e. The summed E-state index contributed by atoms with van der Waals surface area (Å²) in [4.78, 5) is 4.28. The lowest BCUT2D eigenvalue weighted by molar-refractivity contribution is 1.25. The molecule has 0 fully saturated rings. The molecule has 0 atom stereocenters. The first-order chi connectivity index (χ1) is 6.65. The molecule has 14 heavy (non-hydrogen) atoms. The van der Waals surface area contributed by atoms with E-state index in [0.29, 0.717) is 5.02 Å². The number of hydrogen-bond acceptors (Lipinski definition) is 3. The van der Waals surface area contributed by atoms with Crippen LogP contribution < -0.4 is 0 Å². The molecule has 0 saturated heterocycles. The first-order valence-corrected chi connectivity index (χ1v) is 6.63. The number of aromatic nitrogens is 2. The van der Waals surface area contributed by atoms with E-state index in [9.17, 15) is 0 Å². The second-order valence-corrected chi connectivity index (χ2v) is 5.60. The number of hydrogen-bond donors (Lipinski definition) is 0. The van der Waals surface area contributed by atoms with Crippen LogP contribution in [0.1, 0.15) is 0 Å². The van der Waals surface area contributed by atoms with Crippen molar-refractivity contribution in [3.8, 4) is 10.6 Å². The Balaban J connectivity index is 2.51. The van der Waals surface area contributed by atoms with Crippen LogP contribution in [0.4, 0.5) is 0 Å². The summed E-state index contributed by atoms with van der Waals surface area (Å²) in [6.45, 7) is 0. The fourth-order valence-electron chi connectivity index (χ4n) is 1.00. The summed E-state index contributed by atoms with van der Waals surface area (Å²) >= 11 is 12.8. The van der Waals surface area contributed by atoms with Crippen LogP contribution in [0.2, 0.25) is 5.02 Å². The number of benzene rings is 1. The van der Waals surface area contributed by atoms with E-state index in [1.165, 1.54) is 11.5 Å². The summed E-state index contributed by atoms with van der Waals surface area (Å²) in [6, 6.07) is 5.70. The summed E-state index contributed by atoms with van der Waals surface area (Å²) < 4.78 is 5.82. The Bertz CT molecular complexity index is 454. The predicted octanol–water partition coefficient (Wildman–Crippen LogP) is 4.23. The van der Waals surface area contributed by atoms with Gasteiger partial charge in [-0.05, 0) is 29.7 Å². The summed E-state index contributed by atoms with van der Waals surface area (Å²) in [5.74, 6) is 0. The van der Waals surface area contributed by atoms with E-state index in [1.807, 2.05) is 18.2 Å². The average Bonchev–Trinajstić information content (AvgIpc) is 2.50. The molecule has 0 radical (unpaired) electrons. The molecular weight excluding hydrogens is 398 g/mol. The molecule has 72 valence electrons. The summed E-state index contributed by atoms with van der Waals surface area (Å²) in [5.41, 5.74) is 0.991. The van der Waals surface area contributed by atoms with Crippen molar-refractivity contribution in [1.82, 2.24) is 9.36 Å². The standard InChI is InChI=1S/C8H3BrClIN2S/c9-5-1-4(2-6(10)3-5)7-12-8(11)13-14-7/h1-3H. The third-order valence-electron chi connectivity index (χ3n) is 1.51. The largest absolute Gasteiger partial charge is 0.210 e. The van der Waals surface area contributed by atoms with Gasteiger partial charge >= 0.3 is 0 Å². The third kappa shape index (κ3) is 2.44. The Morgan fingerprint density at radius 3 is 2.71 bits per heavy atom. The summed E-state index contributed by atoms with van der Waals surface area (Å²) in [6.07, 6.45) is 0. The van der Waals surface area contributed by atoms with Crippen LogP contribution in [0.25, 0.3) is 10.6 Å². The number of rotatable bonds is 1. The van der Waals surface area contributed by atoms with Crippen molar-refractivity contribution in [2.24, 2.45) is 0 Å². The predicted molar refractivity (Wildman–Crippen MR) is 70.8 cm³/mol. The van der Waals surface area contributed by atoms with Crippen molar-refractivity contribution in [2.45, 2.75) is 0 Å². The van der Waals surface area contributed by atoms with Crippen molar-refractivity contribution >= 4 is 61.7 Å². The van der Waals surface area contributed by atoms with Gasteiger partial charge in [0.1, 0.15) is 5.01 Å². The van der Waals surface area contributed by atoms with Crippen molar-refractivity contribution in [2.75, 3.05) is 0 Å². The van der Waals surface area contributed by atoms with Gasteiger partial charge in [0.15, 0.2) is 0 Å². The minimum atomic E-state index is 0.694. The van der Waals surface area contributed by atoms with Gasteiger partial charge in [-0.1, -0.05) is 27.5 Å². The lowest BCUT2D eigenvalue weighted by Gasteiger charge is -1.97. The van der Waals surface area contributed by atoms with Crippen LogP contribution in [0.3, 0.4) is 0 Å². The summed E-state index contributed by atoms with van der Waals surface area (Å²) in [7, 11) is 0. The van der Waals surface area contributed by atoms with Crippen LogP contribution in [-0.4, -0.2) is 9.36 Å². The van der Waals surface area contributed by atoms with Gasteiger partial charge in [0.05, 0.1) is 0 Å². The highest BCUT2D eigenvalue weighted by Crippen LogP contribution is 2.28. The molecule has 0 aliphatic heterocycles. The Hall–Kier alpha value is 0.280. The lowest BCUT2D eigenvalue weighted by Crippen LogP contribution is -1.78. The maximum Gasteiger partial charge on any atom is 0.203 e. The Morgan fingerprint density at radius 1 is 1.36 bits per heavy atom. The minimum absolute atomic E-state index is 0.694. The molecule has 0 aliphatic carbocycles. The molecule has 0 amide bonds. The number of nitrogens with zero attached hydrogens (tertiary/aromatic N) is 2.